The van der Waals surface area contributed by atoms with Crippen molar-refractivity contribution in [3.8, 4) is 0 Å². The second-order valence-corrected chi connectivity index (χ2v) is 6.93. The highest BCUT2D eigenvalue weighted by Gasteiger charge is 2.24. The average molecular weight is 287 g/mol. The minimum Gasteiger partial charge on any atom is -0.444 e. The molecule has 0 aliphatic carbocycles. The summed E-state index contributed by atoms with van der Waals surface area (Å²) in [5, 5.41) is 3.83. The molecule has 5 nitrogen and oxygen atoms in total. The molecule has 6 heteroatoms. The van der Waals surface area contributed by atoms with Crippen molar-refractivity contribution in [3.05, 3.63) is 0 Å². The lowest BCUT2D eigenvalue weighted by Crippen LogP contribution is -2.48. The number of thioether (sulfide) groups is 1. The number of carbonyl (C=O) groups excluding carboxylic acids is 1. The van der Waals surface area contributed by atoms with Crippen LogP contribution in [0.2, 0.25) is 0 Å². The molecule has 0 saturated heterocycles. The van der Waals surface area contributed by atoms with Gasteiger partial charge in [0.2, 0.25) is 0 Å². The molecule has 0 aromatic carbocycles. The Hall–Kier alpha value is -0.910. The lowest BCUT2D eigenvalue weighted by atomic mass is 10.2. The molecule has 1 aliphatic heterocycles. The van der Waals surface area contributed by atoms with Crippen molar-refractivity contribution in [1.82, 2.24) is 10.2 Å². The number of carbonyl (C=O) groups is 1. The number of ether oxygens (including phenoxy) is 1. The molecule has 0 spiro atoms. The van der Waals surface area contributed by atoms with Crippen LogP contribution in [0.15, 0.2) is 4.99 Å². The van der Waals surface area contributed by atoms with E-state index in [2.05, 4.69) is 23.5 Å². The summed E-state index contributed by atoms with van der Waals surface area (Å²) in [6.07, 6.45) is 1.82. The Labute approximate surface area is 120 Å². The number of amides is 1. The van der Waals surface area contributed by atoms with Crippen molar-refractivity contribution >= 4 is 23.7 Å². The second kappa shape index (κ2) is 7.03. The molecule has 0 bridgehead atoms. The Bertz CT molecular complexity index is 339. The topological polar surface area (TPSA) is 53.9 Å². The Balaban J connectivity index is 2.45. The van der Waals surface area contributed by atoms with Crippen LogP contribution in [0.25, 0.3) is 0 Å². The Morgan fingerprint density at radius 2 is 2.26 bits per heavy atom. The lowest BCUT2D eigenvalue weighted by Gasteiger charge is -2.30. The largest absolute Gasteiger partial charge is 0.444 e. The fraction of sp³-hybridized carbons (Fsp3) is 0.846. The normalized spacial score (nSPS) is 17.7. The molecule has 1 amide bonds. The molecular formula is C13H25N3O2S. The third kappa shape index (κ3) is 6.18. The first kappa shape index (κ1) is 16.1. The maximum absolute atomic E-state index is 12.0. The first-order chi connectivity index (χ1) is 8.81. The van der Waals surface area contributed by atoms with Crippen LogP contribution in [0.3, 0.4) is 0 Å². The molecule has 0 fully saturated rings. The molecular weight excluding hydrogens is 262 g/mol. The van der Waals surface area contributed by atoms with Crippen molar-refractivity contribution in [2.24, 2.45) is 4.99 Å². The molecule has 1 heterocycles. The summed E-state index contributed by atoms with van der Waals surface area (Å²) in [6.45, 7) is 10.4. The van der Waals surface area contributed by atoms with E-state index in [-0.39, 0.29) is 6.09 Å². The van der Waals surface area contributed by atoms with Crippen LogP contribution in [0.4, 0.5) is 4.79 Å². The van der Waals surface area contributed by atoms with Crippen LogP contribution in [0.5, 0.6) is 0 Å². The Morgan fingerprint density at radius 1 is 1.58 bits per heavy atom. The molecule has 1 rings (SSSR count). The molecule has 0 saturated carbocycles. The van der Waals surface area contributed by atoms with Crippen LogP contribution in [-0.2, 0) is 4.74 Å². The summed E-state index contributed by atoms with van der Waals surface area (Å²) in [5.74, 6) is 0.873. The first-order valence-corrected chi connectivity index (χ1v) is 7.88. The molecule has 0 radical (unpaired) electrons. The Morgan fingerprint density at radius 3 is 2.84 bits per heavy atom. The molecule has 0 aromatic heterocycles. The van der Waals surface area contributed by atoms with Crippen molar-refractivity contribution in [1.29, 1.82) is 0 Å². The average Bonchev–Trinajstić information content (AvgIpc) is 2.34. The fourth-order valence-corrected chi connectivity index (χ4v) is 1.80. The van der Waals surface area contributed by atoms with Crippen molar-refractivity contribution < 1.29 is 9.53 Å². The fourth-order valence-electron chi connectivity index (χ4n) is 1.55. The molecule has 0 aromatic rings. The number of nitrogens with one attached hydrogen (secondary N) is 1. The van der Waals surface area contributed by atoms with Crippen molar-refractivity contribution in [2.45, 2.75) is 38.5 Å². The van der Waals surface area contributed by atoms with Gasteiger partial charge in [0.25, 0.3) is 0 Å². The monoisotopic (exact) mass is 287 g/mol. The van der Waals surface area contributed by atoms with Gasteiger partial charge in [0, 0.05) is 18.3 Å². The molecule has 1 aliphatic rings. The van der Waals surface area contributed by atoms with Gasteiger partial charge in [-0.15, -0.1) is 0 Å². The van der Waals surface area contributed by atoms with Crippen LogP contribution in [-0.4, -0.2) is 60.1 Å². The minimum atomic E-state index is -0.452. The number of nitrogens with zero attached hydrogens (tertiary/aromatic N) is 2. The van der Waals surface area contributed by atoms with Gasteiger partial charge in [-0.1, -0.05) is 6.92 Å². The zero-order chi connectivity index (χ0) is 14.5. The van der Waals surface area contributed by atoms with Crippen molar-refractivity contribution in [2.75, 3.05) is 32.4 Å². The highest BCUT2D eigenvalue weighted by atomic mass is 32.2. The number of hydrogen-bond donors (Lipinski definition) is 1. The van der Waals surface area contributed by atoms with E-state index >= 15 is 0 Å². The molecule has 1 unspecified atom stereocenters. The quantitative estimate of drug-likeness (QED) is 0.862. The third-order valence-corrected chi connectivity index (χ3v) is 3.63. The van der Waals surface area contributed by atoms with Crippen LogP contribution in [0.1, 0.15) is 27.7 Å². The van der Waals surface area contributed by atoms with Gasteiger partial charge in [0.15, 0.2) is 0 Å². The van der Waals surface area contributed by atoms with E-state index in [0.29, 0.717) is 24.9 Å². The number of hydrogen-bond acceptors (Lipinski definition) is 5. The minimum absolute atomic E-state index is 0.264. The van der Waals surface area contributed by atoms with Gasteiger partial charge in [-0.2, -0.15) is 11.8 Å². The standard InChI is InChI=1S/C13H25N3O2S/c1-10(19-5)8-15-11-9-16(7-6-14-11)12(17)18-13(2,3)4/h10H,6-9H2,1-5H3,(H,14,15). The second-order valence-electron chi connectivity index (χ2n) is 5.66. The van der Waals surface area contributed by atoms with Gasteiger partial charge in [0.1, 0.15) is 11.4 Å². The summed E-state index contributed by atoms with van der Waals surface area (Å²) in [7, 11) is 0. The summed E-state index contributed by atoms with van der Waals surface area (Å²) < 4.78 is 5.37. The molecule has 1 N–H and O–H groups in total. The van der Waals surface area contributed by atoms with E-state index in [1.165, 1.54) is 0 Å². The molecule has 110 valence electrons. The predicted octanol–water partition coefficient (Wildman–Crippen LogP) is 1.98. The van der Waals surface area contributed by atoms with E-state index in [1.807, 2.05) is 20.8 Å². The summed E-state index contributed by atoms with van der Waals surface area (Å²) in [5.41, 5.74) is -0.452. The van der Waals surface area contributed by atoms with Crippen LogP contribution in [0, 0.1) is 0 Å². The van der Waals surface area contributed by atoms with Gasteiger partial charge in [0.05, 0.1) is 13.1 Å². The highest BCUT2D eigenvalue weighted by molar-refractivity contribution is 7.99. The predicted molar refractivity (Wildman–Crippen MR) is 81.1 cm³/mol. The summed E-state index contributed by atoms with van der Waals surface area (Å²) >= 11 is 1.81. The number of rotatable bonds is 3. The lowest BCUT2D eigenvalue weighted by molar-refractivity contribution is 0.0276. The van der Waals surface area contributed by atoms with Crippen LogP contribution < -0.4 is 5.32 Å². The first-order valence-electron chi connectivity index (χ1n) is 6.59. The smallest absolute Gasteiger partial charge is 0.410 e. The van der Waals surface area contributed by atoms with Crippen LogP contribution >= 0.6 is 11.8 Å². The van der Waals surface area contributed by atoms with Crippen molar-refractivity contribution in [3.63, 3.8) is 0 Å². The van der Waals surface area contributed by atoms with E-state index in [9.17, 15) is 4.79 Å². The SMILES string of the molecule is CSC(C)CNC1=NCCN(C(=O)OC(C)(C)C)C1. The summed E-state index contributed by atoms with van der Waals surface area (Å²) in [6, 6.07) is 0. The van der Waals surface area contributed by atoms with E-state index < -0.39 is 5.60 Å². The highest BCUT2D eigenvalue weighted by Crippen LogP contribution is 2.11. The summed E-state index contributed by atoms with van der Waals surface area (Å²) in [4.78, 5) is 18.1. The van der Waals surface area contributed by atoms with Gasteiger partial charge in [-0.25, -0.2) is 4.79 Å². The maximum Gasteiger partial charge on any atom is 0.410 e. The zero-order valence-electron chi connectivity index (χ0n) is 12.5. The van der Waals surface area contributed by atoms with Gasteiger partial charge >= 0.3 is 6.09 Å². The van der Waals surface area contributed by atoms with E-state index in [1.54, 1.807) is 16.7 Å². The molecule has 19 heavy (non-hydrogen) atoms. The van der Waals surface area contributed by atoms with Gasteiger partial charge < -0.3 is 10.1 Å². The van der Waals surface area contributed by atoms with E-state index in [0.717, 1.165) is 12.4 Å². The zero-order valence-corrected chi connectivity index (χ0v) is 13.3. The number of amidine groups is 1. The van der Waals surface area contributed by atoms with Gasteiger partial charge in [-0.3, -0.25) is 9.89 Å². The number of aliphatic imine (C=N–C) groups is 1. The third-order valence-electron chi connectivity index (χ3n) is 2.66. The molecule has 1 atom stereocenters. The Kier molecular flexibility index (Phi) is 5.97. The maximum atomic E-state index is 12.0. The van der Waals surface area contributed by atoms with E-state index in [4.69, 9.17) is 4.74 Å². The van der Waals surface area contributed by atoms with Gasteiger partial charge in [-0.05, 0) is 27.0 Å².